The fourth-order valence-corrected chi connectivity index (χ4v) is 2.95. The van der Waals surface area contributed by atoms with Crippen LogP contribution in [0.1, 0.15) is 17.0 Å². The van der Waals surface area contributed by atoms with Gasteiger partial charge in [-0.05, 0) is 42.3 Å². The second-order valence-corrected chi connectivity index (χ2v) is 6.47. The van der Waals surface area contributed by atoms with Gasteiger partial charge in [0.15, 0.2) is 0 Å². The van der Waals surface area contributed by atoms with Crippen LogP contribution < -0.4 is 0 Å². The summed E-state index contributed by atoms with van der Waals surface area (Å²) in [7, 11) is 0. The minimum Gasteiger partial charge on any atom is -0.323 e. The van der Waals surface area contributed by atoms with Crippen molar-refractivity contribution in [1.29, 1.82) is 0 Å². The molecule has 0 spiro atoms. The van der Waals surface area contributed by atoms with Crippen molar-refractivity contribution in [2.75, 3.05) is 5.88 Å². The number of benzene rings is 2. The second-order valence-electron chi connectivity index (χ2n) is 5.17. The molecule has 1 aromatic heterocycles. The Balaban J connectivity index is 2.06. The van der Waals surface area contributed by atoms with E-state index in [2.05, 4.69) is 69.9 Å². The SMILES string of the molecule is Cc1ccc2c(c1)nc(CCCl)n2Cc1ccc(Br)cc1. The predicted molar refractivity (Wildman–Crippen MR) is 92.1 cm³/mol. The monoisotopic (exact) mass is 362 g/mol. The van der Waals surface area contributed by atoms with Crippen molar-refractivity contribution in [3.63, 3.8) is 0 Å². The second kappa shape index (κ2) is 6.20. The van der Waals surface area contributed by atoms with Gasteiger partial charge in [0.2, 0.25) is 0 Å². The summed E-state index contributed by atoms with van der Waals surface area (Å²) in [5.74, 6) is 1.64. The van der Waals surface area contributed by atoms with Crippen LogP contribution in [0.5, 0.6) is 0 Å². The largest absolute Gasteiger partial charge is 0.323 e. The molecule has 0 saturated heterocycles. The van der Waals surface area contributed by atoms with E-state index in [1.807, 2.05) is 0 Å². The lowest BCUT2D eigenvalue weighted by Crippen LogP contribution is -2.05. The number of nitrogens with zero attached hydrogens (tertiary/aromatic N) is 2. The molecule has 0 bridgehead atoms. The number of fused-ring (bicyclic) bond motifs is 1. The van der Waals surface area contributed by atoms with Gasteiger partial charge in [-0.2, -0.15) is 0 Å². The molecule has 0 aliphatic rings. The predicted octanol–water partition coefficient (Wildman–Crippen LogP) is 4.94. The number of aromatic nitrogens is 2. The highest BCUT2D eigenvalue weighted by Gasteiger charge is 2.11. The van der Waals surface area contributed by atoms with E-state index in [1.165, 1.54) is 16.6 Å². The Morgan fingerprint density at radius 1 is 1.14 bits per heavy atom. The molecule has 0 radical (unpaired) electrons. The average Bonchev–Trinajstić information content (AvgIpc) is 2.79. The molecule has 0 fully saturated rings. The molecule has 0 atom stereocenters. The van der Waals surface area contributed by atoms with Crippen molar-refractivity contribution in [2.45, 2.75) is 19.9 Å². The highest BCUT2D eigenvalue weighted by atomic mass is 79.9. The van der Waals surface area contributed by atoms with Crippen LogP contribution in [-0.2, 0) is 13.0 Å². The van der Waals surface area contributed by atoms with Crippen molar-refractivity contribution in [1.82, 2.24) is 9.55 Å². The number of hydrogen-bond acceptors (Lipinski definition) is 1. The standard InChI is InChI=1S/C17H16BrClN2/c1-12-2-7-16-15(10-12)20-17(8-9-19)21(16)11-13-3-5-14(18)6-4-13/h2-7,10H,8-9,11H2,1H3. The maximum atomic E-state index is 5.93. The summed E-state index contributed by atoms with van der Waals surface area (Å²) in [4.78, 5) is 4.75. The molecular formula is C17H16BrClN2. The zero-order valence-electron chi connectivity index (χ0n) is 11.8. The fraction of sp³-hybridized carbons (Fsp3) is 0.235. The van der Waals surface area contributed by atoms with E-state index >= 15 is 0 Å². The number of hydrogen-bond donors (Lipinski definition) is 0. The first-order chi connectivity index (χ1) is 10.2. The molecule has 2 nitrogen and oxygen atoms in total. The Hall–Kier alpha value is -1.32. The van der Waals surface area contributed by atoms with Crippen molar-refractivity contribution >= 4 is 38.6 Å². The summed E-state index contributed by atoms with van der Waals surface area (Å²) in [6.07, 6.45) is 0.784. The molecular weight excluding hydrogens is 348 g/mol. The summed E-state index contributed by atoms with van der Waals surface area (Å²) >= 11 is 9.40. The molecule has 4 heteroatoms. The quantitative estimate of drug-likeness (QED) is 0.601. The van der Waals surface area contributed by atoms with E-state index in [0.717, 1.165) is 28.8 Å². The smallest absolute Gasteiger partial charge is 0.111 e. The Labute approximate surface area is 137 Å². The normalized spacial score (nSPS) is 11.2. The Kier molecular flexibility index (Phi) is 4.32. The van der Waals surface area contributed by atoms with E-state index in [9.17, 15) is 0 Å². The number of aryl methyl sites for hydroxylation is 2. The third kappa shape index (κ3) is 3.14. The highest BCUT2D eigenvalue weighted by molar-refractivity contribution is 9.10. The first-order valence-corrected chi connectivity index (χ1v) is 8.26. The molecule has 0 amide bonds. The van der Waals surface area contributed by atoms with Crippen molar-refractivity contribution < 1.29 is 0 Å². The maximum absolute atomic E-state index is 5.93. The van der Waals surface area contributed by atoms with Crippen molar-refractivity contribution in [3.05, 3.63) is 63.9 Å². The number of rotatable bonds is 4. The van der Waals surface area contributed by atoms with Crippen molar-refractivity contribution in [2.24, 2.45) is 0 Å². The first-order valence-electron chi connectivity index (χ1n) is 6.93. The molecule has 0 aliphatic heterocycles. The lowest BCUT2D eigenvalue weighted by Gasteiger charge is -2.09. The van der Waals surface area contributed by atoms with Gasteiger partial charge in [-0.3, -0.25) is 0 Å². The topological polar surface area (TPSA) is 17.8 Å². The fourth-order valence-electron chi connectivity index (χ4n) is 2.51. The Morgan fingerprint density at radius 2 is 1.90 bits per heavy atom. The summed E-state index contributed by atoms with van der Waals surface area (Å²) in [6.45, 7) is 2.91. The Bertz CT molecular complexity index is 762. The lowest BCUT2D eigenvalue weighted by atomic mass is 10.2. The number of alkyl halides is 1. The Morgan fingerprint density at radius 3 is 2.62 bits per heavy atom. The minimum absolute atomic E-state index is 0.586. The zero-order chi connectivity index (χ0) is 14.8. The molecule has 2 aromatic carbocycles. The number of imidazole rings is 1. The minimum atomic E-state index is 0.586. The summed E-state index contributed by atoms with van der Waals surface area (Å²) in [5.41, 5.74) is 4.71. The molecule has 0 saturated carbocycles. The van der Waals surface area contributed by atoms with Gasteiger partial charge in [-0.15, -0.1) is 11.6 Å². The molecule has 0 N–H and O–H groups in total. The summed E-state index contributed by atoms with van der Waals surface area (Å²) < 4.78 is 3.36. The first kappa shape index (κ1) is 14.6. The maximum Gasteiger partial charge on any atom is 0.111 e. The highest BCUT2D eigenvalue weighted by Crippen LogP contribution is 2.21. The van der Waals surface area contributed by atoms with Crippen LogP contribution >= 0.6 is 27.5 Å². The van der Waals surface area contributed by atoms with Gasteiger partial charge in [-0.1, -0.05) is 34.1 Å². The molecule has 21 heavy (non-hydrogen) atoms. The van der Waals surface area contributed by atoms with E-state index in [1.54, 1.807) is 0 Å². The van der Waals surface area contributed by atoms with E-state index in [4.69, 9.17) is 16.6 Å². The average molecular weight is 364 g/mol. The molecule has 0 aliphatic carbocycles. The van der Waals surface area contributed by atoms with Crippen LogP contribution in [-0.4, -0.2) is 15.4 Å². The third-order valence-corrected chi connectivity index (χ3v) is 4.27. The lowest BCUT2D eigenvalue weighted by molar-refractivity contribution is 0.754. The van der Waals surface area contributed by atoms with Gasteiger partial charge in [-0.25, -0.2) is 4.98 Å². The molecule has 3 rings (SSSR count). The molecule has 0 unspecified atom stereocenters. The molecule has 1 heterocycles. The van der Waals surface area contributed by atoms with Crippen LogP contribution in [0.15, 0.2) is 46.9 Å². The molecule has 3 aromatic rings. The van der Waals surface area contributed by atoms with Gasteiger partial charge in [0.25, 0.3) is 0 Å². The van der Waals surface area contributed by atoms with Crippen LogP contribution in [0.3, 0.4) is 0 Å². The van der Waals surface area contributed by atoms with E-state index in [0.29, 0.717) is 5.88 Å². The summed E-state index contributed by atoms with van der Waals surface area (Å²) in [6, 6.07) is 14.8. The van der Waals surface area contributed by atoms with Crippen LogP contribution in [0.25, 0.3) is 11.0 Å². The van der Waals surface area contributed by atoms with Gasteiger partial charge in [0.05, 0.1) is 11.0 Å². The molecule has 108 valence electrons. The van der Waals surface area contributed by atoms with E-state index < -0.39 is 0 Å². The van der Waals surface area contributed by atoms with Gasteiger partial charge in [0, 0.05) is 23.3 Å². The van der Waals surface area contributed by atoms with Gasteiger partial charge >= 0.3 is 0 Å². The van der Waals surface area contributed by atoms with Gasteiger partial charge < -0.3 is 4.57 Å². The van der Waals surface area contributed by atoms with Crippen molar-refractivity contribution in [3.8, 4) is 0 Å². The zero-order valence-corrected chi connectivity index (χ0v) is 14.2. The third-order valence-electron chi connectivity index (χ3n) is 3.55. The number of halogens is 2. The summed E-state index contributed by atoms with van der Waals surface area (Å²) in [5, 5.41) is 0. The van der Waals surface area contributed by atoms with E-state index in [-0.39, 0.29) is 0 Å². The van der Waals surface area contributed by atoms with Gasteiger partial charge in [0.1, 0.15) is 5.82 Å². The van der Waals surface area contributed by atoms with Crippen LogP contribution in [0.2, 0.25) is 0 Å². The van der Waals surface area contributed by atoms with Crippen LogP contribution in [0.4, 0.5) is 0 Å². The van der Waals surface area contributed by atoms with Crippen LogP contribution in [0, 0.1) is 6.92 Å².